The van der Waals surface area contributed by atoms with E-state index in [9.17, 15) is 9.00 Å². The van der Waals surface area contributed by atoms with E-state index in [1.165, 1.54) is 0 Å². The second kappa shape index (κ2) is 2.93. The maximum Gasteiger partial charge on any atom is 0.303 e. The highest BCUT2D eigenvalue weighted by molar-refractivity contribution is 7.84. The molecule has 1 atom stereocenters. The third kappa shape index (κ3) is 2.61. The van der Waals surface area contributed by atoms with Gasteiger partial charge in [0, 0.05) is 22.8 Å². The molecular weight excluding hydrogens is 164 g/mol. The Kier molecular flexibility index (Phi) is 2.32. The first-order valence-corrected chi connectivity index (χ1v) is 5.29. The number of aliphatic carboxylic acids is 1. The Morgan fingerprint density at radius 2 is 2.18 bits per heavy atom. The summed E-state index contributed by atoms with van der Waals surface area (Å²) in [7, 11) is -0.852. The van der Waals surface area contributed by atoms with E-state index in [2.05, 4.69) is 0 Å². The smallest absolute Gasteiger partial charge is 0.303 e. The van der Waals surface area contributed by atoms with Crippen LogP contribution in [-0.4, -0.2) is 27.3 Å². The average molecular weight is 176 g/mol. The van der Waals surface area contributed by atoms with Gasteiger partial charge in [0.25, 0.3) is 0 Å². The van der Waals surface area contributed by atoms with E-state index in [1.807, 2.05) is 0 Å². The summed E-state index contributed by atoms with van der Waals surface area (Å²) in [5.41, 5.74) is -0.106. The lowest BCUT2D eigenvalue weighted by Gasteiger charge is -2.08. The van der Waals surface area contributed by atoms with E-state index in [0.29, 0.717) is 5.75 Å². The Morgan fingerprint density at radius 1 is 1.64 bits per heavy atom. The van der Waals surface area contributed by atoms with Gasteiger partial charge in [0.2, 0.25) is 0 Å². The number of carbonyl (C=O) groups is 1. The van der Waals surface area contributed by atoms with Crippen LogP contribution in [0.2, 0.25) is 0 Å². The van der Waals surface area contributed by atoms with Crippen LogP contribution < -0.4 is 0 Å². The summed E-state index contributed by atoms with van der Waals surface area (Å²) < 4.78 is 10.8. The summed E-state index contributed by atoms with van der Waals surface area (Å²) >= 11 is 0. The van der Waals surface area contributed by atoms with Crippen LogP contribution >= 0.6 is 0 Å². The topological polar surface area (TPSA) is 54.4 Å². The van der Waals surface area contributed by atoms with Crippen molar-refractivity contribution in [2.24, 2.45) is 5.41 Å². The third-order valence-corrected chi connectivity index (χ3v) is 3.01. The van der Waals surface area contributed by atoms with Gasteiger partial charge in [-0.15, -0.1) is 0 Å². The van der Waals surface area contributed by atoms with Gasteiger partial charge in [0.1, 0.15) is 0 Å². The van der Waals surface area contributed by atoms with E-state index >= 15 is 0 Å². The second-order valence-corrected chi connectivity index (χ2v) is 4.72. The largest absolute Gasteiger partial charge is 0.481 e. The predicted octanol–water partition coefficient (Wildman–Crippen LogP) is 0.620. The first kappa shape index (κ1) is 8.71. The monoisotopic (exact) mass is 176 g/mol. The molecule has 1 aliphatic carbocycles. The molecule has 0 aromatic rings. The molecule has 64 valence electrons. The minimum atomic E-state index is -0.852. The Morgan fingerprint density at radius 3 is 2.45 bits per heavy atom. The van der Waals surface area contributed by atoms with Crippen LogP contribution in [-0.2, 0) is 15.6 Å². The van der Waals surface area contributed by atoms with Crippen molar-refractivity contribution in [3.63, 3.8) is 0 Å². The number of hydrogen-bond donors (Lipinski definition) is 1. The summed E-state index contributed by atoms with van der Waals surface area (Å²) in [6, 6.07) is 0. The molecule has 0 radical (unpaired) electrons. The van der Waals surface area contributed by atoms with Gasteiger partial charge in [0.15, 0.2) is 0 Å². The van der Waals surface area contributed by atoms with Gasteiger partial charge in [-0.2, -0.15) is 0 Å². The van der Waals surface area contributed by atoms with Gasteiger partial charge < -0.3 is 5.11 Å². The predicted molar refractivity (Wildman–Crippen MR) is 42.9 cm³/mol. The lowest BCUT2D eigenvalue weighted by atomic mass is 10.1. The highest BCUT2D eigenvalue weighted by Gasteiger charge is 2.44. The van der Waals surface area contributed by atoms with Crippen LogP contribution in [0.1, 0.15) is 19.3 Å². The van der Waals surface area contributed by atoms with Crippen molar-refractivity contribution in [1.82, 2.24) is 0 Å². The van der Waals surface area contributed by atoms with Crippen LogP contribution in [0.4, 0.5) is 0 Å². The van der Waals surface area contributed by atoms with E-state index in [-0.39, 0.29) is 11.8 Å². The molecule has 1 fully saturated rings. The van der Waals surface area contributed by atoms with Crippen molar-refractivity contribution < 1.29 is 14.1 Å². The first-order valence-electron chi connectivity index (χ1n) is 3.56. The maximum atomic E-state index is 10.8. The lowest BCUT2D eigenvalue weighted by molar-refractivity contribution is -0.138. The molecule has 0 aromatic heterocycles. The fourth-order valence-corrected chi connectivity index (χ4v) is 2.55. The fourth-order valence-electron chi connectivity index (χ4n) is 1.30. The van der Waals surface area contributed by atoms with Gasteiger partial charge in [-0.1, -0.05) is 0 Å². The zero-order chi connectivity index (χ0) is 8.48. The van der Waals surface area contributed by atoms with Gasteiger partial charge in [-0.05, 0) is 18.3 Å². The van der Waals surface area contributed by atoms with E-state index in [1.54, 1.807) is 6.26 Å². The normalized spacial score (nSPS) is 22.6. The van der Waals surface area contributed by atoms with E-state index in [0.717, 1.165) is 12.8 Å². The quantitative estimate of drug-likeness (QED) is 0.683. The van der Waals surface area contributed by atoms with Crippen LogP contribution in [0.3, 0.4) is 0 Å². The molecule has 4 heteroatoms. The van der Waals surface area contributed by atoms with Gasteiger partial charge >= 0.3 is 5.97 Å². The molecule has 1 N–H and O–H groups in total. The molecule has 0 spiro atoms. The summed E-state index contributed by atoms with van der Waals surface area (Å²) in [5.74, 6) is -0.216. The second-order valence-electron chi connectivity index (χ2n) is 3.29. The van der Waals surface area contributed by atoms with Gasteiger partial charge in [-0.3, -0.25) is 9.00 Å². The molecule has 1 saturated carbocycles. The highest BCUT2D eigenvalue weighted by Crippen LogP contribution is 2.49. The first-order chi connectivity index (χ1) is 5.04. The standard InChI is InChI=1S/C7H12O3S/c1-11(10)5-7(2-3-7)4-6(8)9/h2-5H2,1H3,(H,8,9). The maximum absolute atomic E-state index is 10.8. The molecule has 11 heavy (non-hydrogen) atoms. The minimum absolute atomic E-state index is 0.106. The van der Waals surface area contributed by atoms with Crippen molar-refractivity contribution in [3.05, 3.63) is 0 Å². The molecule has 0 heterocycles. The van der Waals surface area contributed by atoms with Gasteiger partial charge in [0.05, 0.1) is 6.42 Å². The Labute approximate surface area is 68.3 Å². The molecule has 0 saturated heterocycles. The molecule has 3 nitrogen and oxygen atoms in total. The molecule has 1 rings (SSSR count). The lowest BCUT2D eigenvalue weighted by Crippen LogP contribution is -2.15. The van der Waals surface area contributed by atoms with Crippen LogP contribution in [0.25, 0.3) is 0 Å². The molecule has 0 aliphatic heterocycles. The highest BCUT2D eigenvalue weighted by atomic mass is 32.2. The number of carboxylic acids is 1. The van der Waals surface area contributed by atoms with Crippen LogP contribution in [0.15, 0.2) is 0 Å². The average Bonchev–Trinajstić information content (AvgIpc) is 2.43. The molecule has 0 amide bonds. The minimum Gasteiger partial charge on any atom is -0.481 e. The number of hydrogen-bond acceptors (Lipinski definition) is 2. The van der Waals surface area contributed by atoms with E-state index < -0.39 is 16.8 Å². The molecule has 0 aromatic carbocycles. The third-order valence-electron chi connectivity index (χ3n) is 1.99. The van der Waals surface area contributed by atoms with Crippen molar-refractivity contribution >= 4 is 16.8 Å². The zero-order valence-corrected chi connectivity index (χ0v) is 7.32. The summed E-state index contributed by atoms with van der Waals surface area (Å²) in [5, 5.41) is 8.50. The molecule has 0 bridgehead atoms. The van der Waals surface area contributed by atoms with Crippen molar-refractivity contribution in [1.29, 1.82) is 0 Å². The zero-order valence-electron chi connectivity index (χ0n) is 6.50. The summed E-state index contributed by atoms with van der Waals surface area (Å²) in [6.07, 6.45) is 3.67. The summed E-state index contributed by atoms with van der Waals surface area (Å²) in [4.78, 5) is 10.3. The summed E-state index contributed by atoms with van der Waals surface area (Å²) in [6.45, 7) is 0. The number of carboxylic acid groups (broad SMARTS) is 1. The number of rotatable bonds is 4. The molecule has 1 aliphatic rings. The van der Waals surface area contributed by atoms with Crippen molar-refractivity contribution in [2.75, 3.05) is 12.0 Å². The van der Waals surface area contributed by atoms with Crippen LogP contribution in [0.5, 0.6) is 0 Å². The molecule has 1 unspecified atom stereocenters. The Hall–Kier alpha value is -0.380. The van der Waals surface area contributed by atoms with E-state index in [4.69, 9.17) is 5.11 Å². The fraction of sp³-hybridized carbons (Fsp3) is 0.857. The van der Waals surface area contributed by atoms with Crippen molar-refractivity contribution in [2.45, 2.75) is 19.3 Å². The SMILES string of the molecule is CS(=O)CC1(CC(=O)O)CC1. The Bertz CT molecular complexity index is 178. The Balaban J connectivity index is 2.41. The van der Waals surface area contributed by atoms with Crippen molar-refractivity contribution in [3.8, 4) is 0 Å². The van der Waals surface area contributed by atoms with Gasteiger partial charge in [-0.25, -0.2) is 0 Å². The molecular formula is C7H12O3S. The van der Waals surface area contributed by atoms with Crippen LogP contribution in [0, 0.1) is 5.41 Å².